The van der Waals surface area contributed by atoms with E-state index in [1.54, 1.807) is 6.92 Å². The van der Waals surface area contributed by atoms with E-state index in [4.69, 9.17) is 56.3 Å². The molecule has 1 saturated heterocycles. The van der Waals surface area contributed by atoms with Gasteiger partial charge in [0.15, 0.2) is 0 Å². The summed E-state index contributed by atoms with van der Waals surface area (Å²) in [5.74, 6) is -2.84. The van der Waals surface area contributed by atoms with Gasteiger partial charge in [-0.3, -0.25) is 9.59 Å². The van der Waals surface area contributed by atoms with Crippen LogP contribution < -0.4 is 0 Å². The number of carbonyl (C=O) groups excluding carboxylic acids is 3. The Balaban J connectivity index is 1.84. The van der Waals surface area contributed by atoms with E-state index in [1.807, 2.05) is 0 Å². The number of nitrogens with zero attached hydrogens (tertiary/aromatic N) is 2. The molecule has 0 aromatic heterocycles. The Morgan fingerprint density at radius 2 is 1.36 bits per heavy atom. The van der Waals surface area contributed by atoms with Crippen molar-refractivity contribution < 1.29 is 29.1 Å². The Kier molecular flexibility index (Phi) is 5.44. The van der Waals surface area contributed by atoms with Crippen LogP contribution in [0.15, 0.2) is 0 Å². The zero-order valence-corrected chi connectivity index (χ0v) is 17.2. The first-order valence-electron chi connectivity index (χ1n) is 7.94. The van der Waals surface area contributed by atoms with Crippen molar-refractivity contribution in [1.29, 1.82) is 0 Å². The van der Waals surface area contributed by atoms with E-state index in [2.05, 4.69) is 0 Å². The number of hydrogen-bond acceptors (Lipinski definition) is 5. The topological polar surface area (TPSA) is 104 Å². The molecule has 0 radical (unpaired) electrons. The number of amides is 3. The summed E-state index contributed by atoms with van der Waals surface area (Å²) in [6.45, 7) is 1.80. The molecule has 2 aliphatic heterocycles. The third kappa shape index (κ3) is 3.18. The number of carboxylic acid groups (broad SMARTS) is 1. The Morgan fingerprint density at radius 3 is 1.75 bits per heavy atom. The molecule has 0 unspecified atom stereocenters. The molecule has 0 saturated carbocycles. The first-order valence-corrected chi connectivity index (χ1v) is 9.45. The van der Waals surface area contributed by atoms with Crippen molar-refractivity contribution >= 4 is 70.3 Å². The summed E-state index contributed by atoms with van der Waals surface area (Å²) in [6, 6.07) is 0. The molecule has 0 atom stereocenters. The molecule has 8 nitrogen and oxygen atoms in total. The van der Waals surface area contributed by atoms with E-state index in [0.29, 0.717) is 0 Å². The van der Waals surface area contributed by atoms with Crippen LogP contribution in [0.1, 0.15) is 40.5 Å². The SMILES string of the molecule is CC1(C(=O)ON2C(=O)c3c(Cl)c(Cl)c(Cl)c(Cl)c3C2=O)CCN(C(=O)O)CC1. The lowest BCUT2D eigenvalue weighted by Crippen LogP contribution is -2.47. The van der Waals surface area contributed by atoms with E-state index >= 15 is 0 Å². The fourth-order valence-electron chi connectivity index (χ4n) is 3.00. The Hall–Kier alpha value is -1.74. The Morgan fingerprint density at radius 1 is 0.929 bits per heavy atom. The van der Waals surface area contributed by atoms with E-state index in [1.165, 1.54) is 4.90 Å². The van der Waals surface area contributed by atoms with Gasteiger partial charge in [0, 0.05) is 13.1 Å². The van der Waals surface area contributed by atoms with Gasteiger partial charge >= 0.3 is 12.1 Å². The number of carbonyl (C=O) groups is 4. The molecule has 1 aromatic carbocycles. The van der Waals surface area contributed by atoms with Crippen LogP contribution in [-0.4, -0.2) is 52.0 Å². The van der Waals surface area contributed by atoms with E-state index in [9.17, 15) is 19.2 Å². The van der Waals surface area contributed by atoms with Gasteiger partial charge in [-0.15, -0.1) is 0 Å². The highest BCUT2D eigenvalue weighted by Gasteiger charge is 2.47. The normalized spacial score (nSPS) is 18.3. The van der Waals surface area contributed by atoms with Gasteiger partial charge in [0.25, 0.3) is 11.8 Å². The highest BCUT2D eigenvalue weighted by atomic mass is 35.5. The lowest BCUT2D eigenvalue weighted by molar-refractivity contribution is -0.182. The molecule has 2 heterocycles. The smallest absolute Gasteiger partial charge is 0.407 e. The second kappa shape index (κ2) is 7.26. The average Bonchev–Trinajstić information content (AvgIpc) is 2.89. The number of halogens is 4. The van der Waals surface area contributed by atoms with Gasteiger partial charge in [-0.1, -0.05) is 51.5 Å². The summed E-state index contributed by atoms with van der Waals surface area (Å²) in [7, 11) is 0. The lowest BCUT2D eigenvalue weighted by atomic mass is 9.80. The van der Waals surface area contributed by atoms with Crippen molar-refractivity contribution in [2.24, 2.45) is 5.41 Å². The van der Waals surface area contributed by atoms with Crippen molar-refractivity contribution in [2.75, 3.05) is 13.1 Å². The fourth-order valence-corrected chi connectivity index (χ4v) is 4.01. The molecule has 150 valence electrons. The molecule has 0 spiro atoms. The highest BCUT2D eigenvalue weighted by molar-refractivity contribution is 6.55. The first-order chi connectivity index (χ1) is 13.0. The fraction of sp³-hybridized carbons (Fsp3) is 0.375. The maximum atomic E-state index is 12.6. The lowest BCUT2D eigenvalue weighted by Gasteiger charge is -2.36. The number of hydrogen-bond donors (Lipinski definition) is 1. The largest absolute Gasteiger partial charge is 0.465 e. The summed E-state index contributed by atoms with van der Waals surface area (Å²) in [5.41, 5.74) is -1.68. The van der Waals surface area contributed by atoms with Crippen LogP contribution >= 0.6 is 46.4 Å². The van der Waals surface area contributed by atoms with Gasteiger partial charge in [-0.05, 0) is 19.8 Å². The van der Waals surface area contributed by atoms with Crippen LogP contribution in [0.2, 0.25) is 20.1 Å². The standard InChI is InChI=1S/C16H12Cl4N2O6/c1-16(2-4-21(5-3-16)15(26)27)14(25)28-22-12(23)6-7(13(22)24)9(18)11(20)10(19)8(6)17/h2-5H2,1H3,(H,26,27). The molecule has 0 bridgehead atoms. The number of imide groups is 1. The summed E-state index contributed by atoms with van der Waals surface area (Å²) in [4.78, 5) is 55.1. The van der Waals surface area contributed by atoms with E-state index < -0.39 is 29.3 Å². The zero-order valence-electron chi connectivity index (χ0n) is 14.2. The highest BCUT2D eigenvalue weighted by Crippen LogP contribution is 2.45. The van der Waals surface area contributed by atoms with Crippen molar-refractivity contribution in [1.82, 2.24) is 9.96 Å². The molecule has 3 rings (SSSR count). The van der Waals surface area contributed by atoms with Crippen LogP contribution in [0.25, 0.3) is 0 Å². The number of benzene rings is 1. The van der Waals surface area contributed by atoms with Gasteiger partial charge < -0.3 is 14.8 Å². The van der Waals surface area contributed by atoms with Crippen LogP contribution in [0.4, 0.5) is 4.79 Å². The molecule has 3 amide bonds. The summed E-state index contributed by atoms with van der Waals surface area (Å²) < 4.78 is 0. The van der Waals surface area contributed by atoms with Crippen molar-refractivity contribution in [2.45, 2.75) is 19.8 Å². The summed E-state index contributed by atoms with van der Waals surface area (Å²) in [5, 5.41) is 8.33. The third-order valence-electron chi connectivity index (χ3n) is 4.87. The second-order valence-electron chi connectivity index (χ2n) is 6.62. The van der Waals surface area contributed by atoms with Crippen molar-refractivity contribution in [3.63, 3.8) is 0 Å². The van der Waals surface area contributed by atoms with Crippen LogP contribution in [0, 0.1) is 5.41 Å². The zero-order chi connectivity index (χ0) is 21.0. The van der Waals surface area contributed by atoms with Gasteiger partial charge in [-0.2, -0.15) is 0 Å². The van der Waals surface area contributed by atoms with Gasteiger partial charge in [0.1, 0.15) is 0 Å². The molecular formula is C16H12Cl4N2O6. The van der Waals surface area contributed by atoms with E-state index in [0.717, 1.165) is 0 Å². The molecule has 1 fully saturated rings. The van der Waals surface area contributed by atoms with Crippen LogP contribution in [-0.2, 0) is 9.63 Å². The number of piperidine rings is 1. The number of hydroxylamine groups is 2. The quantitative estimate of drug-likeness (QED) is 0.396. The first kappa shape index (κ1) is 21.0. The van der Waals surface area contributed by atoms with Gasteiger partial charge in [0.05, 0.1) is 36.6 Å². The Bertz CT molecular complexity index is 879. The minimum atomic E-state index is -1.09. The predicted octanol–water partition coefficient (Wildman–Crippen LogP) is 4.13. The summed E-state index contributed by atoms with van der Waals surface area (Å²) in [6.07, 6.45) is -0.755. The van der Waals surface area contributed by atoms with E-state index in [-0.39, 0.29) is 62.2 Å². The average molecular weight is 470 g/mol. The van der Waals surface area contributed by atoms with Gasteiger partial charge in [-0.25, -0.2) is 9.59 Å². The monoisotopic (exact) mass is 468 g/mol. The van der Waals surface area contributed by atoms with Gasteiger partial charge in [0.2, 0.25) is 0 Å². The molecule has 2 aliphatic rings. The molecular weight excluding hydrogens is 458 g/mol. The number of likely N-dealkylation sites (tertiary alicyclic amines) is 1. The molecule has 1 N–H and O–H groups in total. The molecule has 1 aromatic rings. The maximum Gasteiger partial charge on any atom is 0.407 e. The van der Waals surface area contributed by atoms with Crippen molar-refractivity contribution in [3.8, 4) is 0 Å². The number of fused-ring (bicyclic) bond motifs is 1. The van der Waals surface area contributed by atoms with Crippen LogP contribution in [0.5, 0.6) is 0 Å². The molecule has 12 heteroatoms. The summed E-state index contributed by atoms with van der Waals surface area (Å²) >= 11 is 23.9. The third-order valence-corrected chi connectivity index (χ3v) is 6.67. The minimum Gasteiger partial charge on any atom is -0.465 e. The second-order valence-corrected chi connectivity index (χ2v) is 8.13. The number of rotatable bonds is 2. The van der Waals surface area contributed by atoms with Crippen molar-refractivity contribution in [3.05, 3.63) is 31.2 Å². The predicted molar refractivity (Wildman–Crippen MR) is 100 cm³/mol. The maximum absolute atomic E-state index is 12.6. The molecule has 28 heavy (non-hydrogen) atoms. The Labute approximate surface area is 178 Å². The van der Waals surface area contributed by atoms with Crippen LogP contribution in [0.3, 0.4) is 0 Å². The molecule has 0 aliphatic carbocycles. The minimum absolute atomic E-state index is 0.117.